The molecule has 1 atom stereocenters. The van der Waals surface area contributed by atoms with Crippen molar-refractivity contribution < 1.29 is 19.1 Å². The number of carbonyl (C=O) groups excluding carboxylic acids is 3. The summed E-state index contributed by atoms with van der Waals surface area (Å²) in [5, 5.41) is 2.79. The van der Waals surface area contributed by atoms with Gasteiger partial charge in [0.2, 0.25) is 5.91 Å². The molecule has 1 fully saturated rings. The van der Waals surface area contributed by atoms with Crippen molar-refractivity contribution in [2.75, 3.05) is 16.8 Å². The normalized spacial score (nSPS) is 16.4. The minimum Gasteiger partial charge on any atom is -0.494 e. The van der Waals surface area contributed by atoms with Crippen LogP contribution in [0.2, 0.25) is 0 Å². The predicted octanol–water partition coefficient (Wildman–Crippen LogP) is 3.97. The molecule has 0 aliphatic carbocycles. The van der Waals surface area contributed by atoms with Gasteiger partial charge in [-0.15, -0.1) is 0 Å². The van der Waals surface area contributed by atoms with Gasteiger partial charge >= 0.3 is 6.03 Å². The van der Waals surface area contributed by atoms with Crippen molar-refractivity contribution in [1.29, 1.82) is 0 Å². The number of rotatable bonds is 7. The Morgan fingerprint density at radius 3 is 2.27 bits per heavy atom. The van der Waals surface area contributed by atoms with E-state index in [9.17, 15) is 14.4 Å². The number of amides is 4. The molecule has 0 unspecified atom stereocenters. The molecule has 2 aromatic carbocycles. The van der Waals surface area contributed by atoms with Crippen LogP contribution in [-0.2, 0) is 9.59 Å². The standard InChI is InChI=1S/C23H27N3O4/c1-5-30-19-12-8-17(9-13-19)24-21(27)14-20-22(28)26(23(29)25(20)15(2)3)18-10-6-16(4)7-11-18/h6-13,15,20H,5,14H2,1-4H3,(H,24,27)/t20-/m1/s1. The molecule has 2 aromatic rings. The number of nitrogens with zero attached hydrogens (tertiary/aromatic N) is 2. The predicted molar refractivity (Wildman–Crippen MR) is 116 cm³/mol. The van der Waals surface area contributed by atoms with Crippen LogP contribution >= 0.6 is 0 Å². The Hall–Kier alpha value is -3.35. The zero-order chi connectivity index (χ0) is 21.8. The van der Waals surface area contributed by atoms with Crippen molar-refractivity contribution >= 4 is 29.2 Å². The van der Waals surface area contributed by atoms with E-state index in [2.05, 4.69) is 5.32 Å². The third-order valence-electron chi connectivity index (χ3n) is 4.93. The quantitative estimate of drug-likeness (QED) is 0.702. The fraction of sp³-hybridized carbons (Fsp3) is 0.348. The van der Waals surface area contributed by atoms with Gasteiger partial charge in [0.25, 0.3) is 5.91 Å². The SMILES string of the molecule is CCOc1ccc(NC(=O)C[C@@H]2C(=O)N(c3ccc(C)cc3)C(=O)N2C(C)C)cc1. The summed E-state index contributed by atoms with van der Waals surface area (Å²) in [6.45, 7) is 8.07. The minimum absolute atomic E-state index is 0.113. The molecule has 158 valence electrons. The number of anilines is 2. The first-order valence-corrected chi connectivity index (χ1v) is 10.1. The van der Waals surface area contributed by atoms with E-state index in [0.717, 1.165) is 10.5 Å². The lowest BCUT2D eigenvalue weighted by atomic mass is 10.1. The summed E-state index contributed by atoms with van der Waals surface area (Å²) in [6.07, 6.45) is -0.113. The van der Waals surface area contributed by atoms with Crippen LogP contribution in [0, 0.1) is 6.92 Å². The van der Waals surface area contributed by atoms with Gasteiger partial charge in [0, 0.05) is 11.7 Å². The van der Waals surface area contributed by atoms with Crippen LogP contribution in [0.3, 0.4) is 0 Å². The third kappa shape index (κ3) is 4.45. The maximum absolute atomic E-state index is 13.1. The van der Waals surface area contributed by atoms with Crippen LogP contribution in [0.15, 0.2) is 48.5 Å². The van der Waals surface area contributed by atoms with E-state index in [1.807, 2.05) is 39.8 Å². The van der Waals surface area contributed by atoms with E-state index in [1.165, 1.54) is 4.90 Å². The molecule has 0 radical (unpaired) electrons. The molecule has 1 aliphatic rings. The second-order valence-electron chi connectivity index (χ2n) is 7.52. The molecule has 0 saturated carbocycles. The second kappa shape index (κ2) is 8.98. The monoisotopic (exact) mass is 409 g/mol. The third-order valence-corrected chi connectivity index (χ3v) is 4.93. The Labute approximate surface area is 176 Å². The summed E-state index contributed by atoms with van der Waals surface area (Å²) in [5.74, 6) is -0.00657. The lowest BCUT2D eigenvalue weighted by Gasteiger charge is -2.25. The Morgan fingerprint density at radius 1 is 1.07 bits per heavy atom. The minimum atomic E-state index is -0.846. The molecular weight excluding hydrogens is 382 g/mol. The number of hydrogen-bond donors (Lipinski definition) is 1. The average molecular weight is 409 g/mol. The van der Waals surface area contributed by atoms with Crippen LogP contribution in [-0.4, -0.2) is 41.4 Å². The summed E-state index contributed by atoms with van der Waals surface area (Å²) >= 11 is 0. The second-order valence-corrected chi connectivity index (χ2v) is 7.52. The molecule has 7 heteroatoms. The zero-order valence-electron chi connectivity index (χ0n) is 17.7. The fourth-order valence-corrected chi connectivity index (χ4v) is 3.50. The Balaban J connectivity index is 1.75. The maximum atomic E-state index is 13.1. The first-order chi connectivity index (χ1) is 14.3. The van der Waals surface area contributed by atoms with Gasteiger partial charge in [-0.1, -0.05) is 17.7 Å². The topological polar surface area (TPSA) is 79.0 Å². The van der Waals surface area contributed by atoms with E-state index in [1.54, 1.807) is 36.4 Å². The van der Waals surface area contributed by atoms with E-state index in [4.69, 9.17) is 4.74 Å². The van der Waals surface area contributed by atoms with Crippen molar-refractivity contribution in [3.63, 3.8) is 0 Å². The first-order valence-electron chi connectivity index (χ1n) is 10.1. The number of ether oxygens (including phenoxy) is 1. The molecule has 7 nitrogen and oxygen atoms in total. The largest absolute Gasteiger partial charge is 0.494 e. The Bertz CT molecular complexity index is 922. The number of aryl methyl sites for hydroxylation is 1. The highest BCUT2D eigenvalue weighted by atomic mass is 16.5. The summed E-state index contributed by atoms with van der Waals surface area (Å²) in [6, 6.07) is 12.7. The molecular formula is C23H27N3O4. The Morgan fingerprint density at radius 2 is 1.70 bits per heavy atom. The van der Waals surface area contributed by atoms with Crippen LogP contribution in [0.4, 0.5) is 16.2 Å². The number of carbonyl (C=O) groups is 3. The number of nitrogens with one attached hydrogen (secondary N) is 1. The van der Waals surface area contributed by atoms with Gasteiger partial charge in [-0.05, 0) is 64.1 Å². The van der Waals surface area contributed by atoms with E-state index < -0.39 is 12.1 Å². The lowest BCUT2D eigenvalue weighted by molar-refractivity contribution is -0.124. The van der Waals surface area contributed by atoms with Crippen molar-refractivity contribution in [3.8, 4) is 5.75 Å². The lowest BCUT2D eigenvalue weighted by Crippen LogP contribution is -2.42. The van der Waals surface area contributed by atoms with E-state index >= 15 is 0 Å². The Kier molecular flexibility index (Phi) is 6.40. The smallest absolute Gasteiger partial charge is 0.332 e. The number of hydrogen-bond acceptors (Lipinski definition) is 4. The van der Waals surface area contributed by atoms with Crippen LogP contribution in [0.25, 0.3) is 0 Å². The maximum Gasteiger partial charge on any atom is 0.332 e. The molecule has 0 spiro atoms. The van der Waals surface area contributed by atoms with Gasteiger partial charge < -0.3 is 15.0 Å². The number of benzene rings is 2. The van der Waals surface area contributed by atoms with E-state index in [-0.39, 0.29) is 24.3 Å². The van der Waals surface area contributed by atoms with Gasteiger partial charge in [0.05, 0.1) is 18.7 Å². The average Bonchev–Trinajstić information content (AvgIpc) is 2.94. The molecule has 1 heterocycles. The first kappa shape index (κ1) is 21.4. The van der Waals surface area contributed by atoms with Gasteiger partial charge in [0.15, 0.2) is 0 Å². The highest BCUT2D eigenvalue weighted by molar-refractivity contribution is 6.22. The summed E-state index contributed by atoms with van der Waals surface area (Å²) in [5.41, 5.74) is 2.15. The van der Waals surface area contributed by atoms with Gasteiger partial charge in [0.1, 0.15) is 11.8 Å². The molecule has 1 N–H and O–H groups in total. The van der Waals surface area contributed by atoms with Crippen molar-refractivity contribution in [2.24, 2.45) is 0 Å². The van der Waals surface area contributed by atoms with E-state index in [0.29, 0.717) is 23.7 Å². The highest BCUT2D eigenvalue weighted by Crippen LogP contribution is 2.29. The summed E-state index contributed by atoms with van der Waals surface area (Å²) in [4.78, 5) is 41.3. The van der Waals surface area contributed by atoms with Gasteiger partial charge in [-0.3, -0.25) is 9.59 Å². The molecule has 0 bridgehead atoms. The summed E-state index contributed by atoms with van der Waals surface area (Å²) in [7, 11) is 0. The number of urea groups is 1. The highest BCUT2D eigenvalue weighted by Gasteiger charge is 2.47. The zero-order valence-corrected chi connectivity index (χ0v) is 17.7. The van der Waals surface area contributed by atoms with Crippen LogP contribution in [0.1, 0.15) is 32.8 Å². The molecule has 1 saturated heterocycles. The van der Waals surface area contributed by atoms with Gasteiger partial charge in [-0.25, -0.2) is 9.69 Å². The fourth-order valence-electron chi connectivity index (χ4n) is 3.50. The molecule has 30 heavy (non-hydrogen) atoms. The number of imide groups is 1. The molecule has 4 amide bonds. The molecule has 3 rings (SSSR count). The van der Waals surface area contributed by atoms with Crippen LogP contribution in [0.5, 0.6) is 5.75 Å². The van der Waals surface area contributed by atoms with Gasteiger partial charge in [-0.2, -0.15) is 0 Å². The molecule has 0 aromatic heterocycles. The molecule has 1 aliphatic heterocycles. The van der Waals surface area contributed by atoms with Crippen molar-refractivity contribution in [3.05, 3.63) is 54.1 Å². The van der Waals surface area contributed by atoms with Crippen molar-refractivity contribution in [1.82, 2.24) is 4.90 Å². The van der Waals surface area contributed by atoms with Crippen LogP contribution < -0.4 is 15.0 Å². The summed E-state index contributed by atoms with van der Waals surface area (Å²) < 4.78 is 5.39. The van der Waals surface area contributed by atoms with Crippen molar-refractivity contribution in [2.45, 2.75) is 46.2 Å².